The molecule has 1 unspecified atom stereocenters. The fourth-order valence-corrected chi connectivity index (χ4v) is 4.11. The van der Waals surface area contributed by atoms with E-state index in [1.165, 1.54) is 18.2 Å². The van der Waals surface area contributed by atoms with Crippen molar-refractivity contribution in [2.75, 3.05) is 6.54 Å². The summed E-state index contributed by atoms with van der Waals surface area (Å²) in [6.07, 6.45) is 1.75. The molecule has 21 heavy (non-hydrogen) atoms. The number of carbonyl (C=O) groups excluding carboxylic acids is 1. The van der Waals surface area contributed by atoms with Gasteiger partial charge in [0.2, 0.25) is 15.9 Å². The number of carbonyl (C=O) groups is 2. The lowest BCUT2D eigenvalue weighted by molar-refractivity contribution is -0.122. The highest BCUT2D eigenvalue weighted by Crippen LogP contribution is 2.25. The number of amides is 1. The van der Waals surface area contributed by atoms with Crippen LogP contribution in [0.2, 0.25) is 0 Å². The lowest BCUT2D eigenvalue weighted by Crippen LogP contribution is -2.50. The number of benzene rings is 1. The second-order valence-corrected chi connectivity index (χ2v) is 6.75. The van der Waals surface area contributed by atoms with Gasteiger partial charge in [-0.1, -0.05) is 12.5 Å². The van der Waals surface area contributed by atoms with E-state index in [0.717, 1.165) is 16.8 Å². The Kier molecular flexibility index (Phi) is 4.29. The first-order valence-electron chi connectivity index (χ1n) is 6.48. The summed E-state index contributed by atoms with van der Waals surface area (Å²) in [7, 11) is -3.94. The van der Waals surface area contributed by atoms with Gasteiger partial charge in [-0.15, -0.1) is 0 Å². The van der Waals surface area contributed by atoms with E-state index < -0.39 is 27.9 Å². The number of aromatic carboxylic acids is 1. The van der Waals surface area contributed by atoms with Gasteiger partial charge in [-0.2, -0.15) is 4.31 Å². The van der Waals surface area contributed by atoms with Crippen molar-refractivity contribution in [2.45, 2.75) is 30.2 Å². The van der Waals surface area contributed by atoms with Gasteiger partial charge >= 0.3 is 5.97 Å². The second kappa shape index (κ2) is 5.82. The Labute approximate surface area is 122 Å². The van der Waals surface area contributed by atoms with E-state index in [1.54, 1.807) is 0 Å². The van der Waals surface area contributed by atoms with Gasteiger partial charge < -0.3 is 10.8 Å². The minimum absolute atomic E-state index is 0.122. The molecule has 0 bridgehead atoms. The first-order chi connectivity index (χ1) is 9.84. The van der Waals surface area contributed by atoms with Crippen LogP contribution in [0, 0.1) is 0 Å². The number of hydrogen-bond donors (Lipinski definition) is 2. The Bertz CT molecular complexity index is 671. The molecule has 0 aliphatic carbocycles. The van der Waals surface area contributed by atoms with Crippen molar-refractivity contribution in [1.82, 2.24) is 4.31 Å². The Hall–Kier alpha value is -1.93. The predicted molar refractivity (Wildman–Crippen MR) is 74.1 cm³/mol. The van der Waals surface area contributed by atoms with Crippen LogP contribution in [0.1, 0.15) is 29.6 Å². The maximum absolute atomic E-state index is 12.6. The lowest BCUT2D eigenvalue weighted by Gasteiger charge is -2.32. The fourth-order valence-electron chi connectivity index (χ4n) is 2.40. The molecule has 0 saturated carbocycles. The number of carboxylic acid groups (broad SMARTS) is 1. The maximum Gasteiger partial charge on any atom is 0.335 e. The van der Waals surface area contributed by atoms with Crippen molar-refractivity contribution in [3.63, 3.8) is 0 Å². The SMILES string of the molecule is NC(=O)C1CCCCN1S(=O)(=O)c1cccc(C(=O)O)c1. The molecule has 1 heterocycles. The molecule has 1 fully saturated rings. The minimum Gasteiger partial charge on any atom is -0.478 e. The van der Waals surface area contributed by atoms with Gasteiger partial charge in [-0.25, -0.2) is 13.2 Å². The Morgan fingerprint density at radius 1 is 1.29 bits per heavy atom. The fraction of sp³-hybridized carbons (Fsp3) is 0.385. The third-order valence-electron chi connectivity index (χ3n) is 3.47. The molecule has 0 aromatic heterocycles. The third-order valence-corrected chi connectivity index (χ3v) is 5.37. The molecule has 1 aliphatic heterocycles. The number of hydrogen-bond acceptors (Lipinski definition) is 4. The normalized spacial score (nSPS) is 20.1. The molecule has 1 aliphatic rings. The van der Waals surface area contributed by atoms with Crippen LogP contribution in [0.3, 0.4) is 0 Å². The van der Waals surface area contributed by atoms with E-state index in [-0.39, 0.29) is 17.0 Å². The van der Waals surface area contributed by atoms with Crippen molar-refractivity contribution < 1.29 is 23.1 Å². The zero-order chi connectivity index (χ0) is 15.6. The number of sulfonamides is 1. The van der Waals surface area contributed by atoms with Gasteiger partial charge in [0.25, 0.3) is 0 Å². The molecule has 1 saturated heterocycles. The van der Waals surface area contributed by atoms with E-state index in [4.69, 9.17) is 10.8 Å². The Balaban J connectivity index is 2.43. The maximum atomic E-state index is 12.6. The van der Waals surface area contributed by atoms with Crippen LogP contribution in [0.4, 0.5) is 0 Å². The van der Waals surface area contributed by atoms with Crippen LogP contribution in [0.25, 0.3) is 0 Å². The van der Waals surface area contributed by atoms with Crippen molar-refractivity contribution in [3.05, 3.63) is 29.8 Å². The number of carboxylic acids is 1. The molecular weight excluding hydrogens is 296 g/mol. The topological polar surface area (TPSA) is 118 Å². The largest absolute Gasteiger partial charge is 0.478 e. The third kappa shape index (κ3) is 3.06. The van der Waals surface area contributed by atoms with Gasteiger partial charge in [-0.05, 0) is 31.0 Å². The highest BCUT2D eigenvalue weighted by Gasteiger charge is 2.36. The molecule has 0 radical (unpaired) electrons. The summed E-state index contributed by atoms with van der Waals surface area (Å²) in [5, 5.41) is 8.94. The van der Waals surface area contributed by atoms with Crippen LogP contribution in [0.15, 0.2) is 29.2 Å². The van der Waals surface area contributed by atoms with E-state index in [2.05, 4.69) is 0 Å². The Morgan fingerprint density at radius 3 is 2.62 bits per heavy atom. The van der Waals surface area contributed by atoms with Crippen molar-refractivity contribution in [2.24, 2.45) is 5.73 Å². The van der Waals surface area contributed by atoms with Gasteiger partial charge in [0.15, 0.2) is 0 Å². The quantitative estimate of drug-likeness (QED) is 0.835. The number of rotatable bonds is 4. The van der Waals surface area contributed by atoms with Crippen molar-refractivity contribution >= 4 is 21.9 Å². The second-order valence-electron chi connectivity index (χ2n) is 4.86. The molecule has 0 spiro atoms. The molecule has 114 valence electrons. The highest BCUT2D eigenvalue weighted by molar-refractivity contribution is 7.89. The zero-order valence-corrected chi connectivity index (χ0v) is 12.0. The number of primary amides is 1. The smallest absolute Gasteiger partial charge is 0.335 e. The minimum atomic E-state index is -3.94. The predicted octanol–water partition coefficient (Wildman–Crippen LogP) is 0.413. The summed E-state index contributed by atoms with van der Waals surface area (Å²) < 4.78 is 26.3. The van der Waals surface area contributed by atoms with Crippen molar-refractivity contribution in [3.8, 4) is 0 Å². The van der Waals surface area contributed by atoms with Crippen LogP contribution >= 0.6 is 0 Å². The summed E-state index contributed by atoms with van der Waals surface area (Å²) in [4.78, 5) is 22.2. The molecule has 8 heteroatoms. The number of nitrogens with zero attached hydrogens (tertiary/aromatic N) is 1. The zero-order valence-electron chi connectivity index (χ0n) is 11.2. The van der Waals surface area contributed by atoms with Crippen LogP contribution < -0.4 is 5.73 Å². The average molecular weight is 312 g/mol. The standard InChI is InChI=1S/C13H16N2O5S/c14-12(16)11-6-1-2-7-15(11)21(19,20)10-5-3-4-9(8-10)13(17)18/h3-5,8,11H,1-2,6-7H2,(H2,14,16)(H,17,18). The monoisotopic (exact) mass is 312 g/mol. The first-order valence-corrected chi connectivity index (χ1v) is 7.92. The molecule has 1 aromatic rings. The van der Waals surface area contributed by atoms with Gasteiger partial charge in [0.1, 0.15) is 6.04 Å². The van der Waals surface area contributed by atoms with E-state index in [9.17, 15) is 18.0 Å². The summed E-state index contributed by atoms with van der Waals surface area (Å²) in [6.45, 7) is 0.202. The Morgan fingerprint density at radius 2 is 2.00 bits per heavy atom. The lowest BCUT2D eigenvalue weighted by atomic mass is 10.0. The molecule has 2 rings (SSSR count). The number of nitrogens with two attached hydrogens (primary N) is 1. The molecular formula is C13H16N2O5S. The van der Waals surface area contributed by atoms with E-state index >= 15 is 0 Å². The first kappa shape index (κ1) is 15.5. The average Bonchev–Trinajstić information content (AvgIpc) is 2.47. The van der Waals surface area contributed by atoms with E-state index in [0.29, 0.717) is 12.8 Å². The van der Waals surface area contributed by atoms with Crippen molar-refractivity contribution in [1.29, 1.82) is 0 Å². The molecule has 1 amide bonds. The highest BCUT2D eigenvalue weighted by atomic mass is 32.2. The van der Waals surface area contributed by atoms with E-state index in [1.807, 2.05) is 0 Å². The summed E-state index contributed by atoms with van der Waals surface area (Å²) in [5.41, 5.74) is 5.15. The summed E-state index contributed by atoms with van der Waals surface area (Å²) >= 11 is 0. The van der Waals surface area contributed by atoms with Gasteiger partial charge in [0, 0.05) is 6.54 Å². The summed E-state index contributed by atoms with van der Waals surface area (Å²) in [6, 6.07) is 4.19. The molecule has 7 nitrogen and oxygen atoms in total. The van der Waals surface area contributed by atoms with Gasteiger partial charge in [0.05, 0.1) is 10.5 Å². The van der Waals surface area contributed by atoms with Crippen LogP contribution in [0.5, 0.6) is 0 Å². The van der Waals surface area contributed by atoms with Crippen LogP contribution in [-0.2, 0) is 14.8 Å². The van der Waals surface area contributed by atoms with Gasteiger partial charge in [-0.3, -0.25) is 4.79 Å². The van der Waals surface area contributed by atoms with Crippen LogP contribution in [-0.4, -0.2) is 42.3 Å². The summed E-state index contributed by atoms with van der Waals surface area (Å²) in [5.74, 6) is -1.90. The molecule has 3 N–H and O–H groups in total. The number of piperidine rings is 1. The molecule has 1 aromatic carbocycles. The molecule has 1 atom stereocenters.